The van der Waals surface area contributed by atoms with Gasteiger partial charge in [0.1, 0.15) is 5.60 Å². The van der Waals surface area contributed by atoms with Crippen molar-refractivity contribution in [3.05, 3.63) is 64.9 Å². The van der Waals surface area contributed by atoms with Crippen molar-refractivity contribution < 1.29 is 5.11 Å². The van der Waals surface area contributed by atoms with Gasteiger partial charge in [-0.1, -0.05) is 50.6 Å². The van der Waals surface area contributed by atoms with Crippen LogP contribution in [0.25, 0.3) is 0 Å². The molecule has 0 aliphatic carbocycles. The predicted octanol–water partition coefficient (Wildman–Crippen LogP) is 4.41. The average Bonchev–Trinajstić information content (AvgIpc) is 2.38. The van der Waals surface area contributed by atoms with Gasteiger partial charge in [0.05, 0.1) is 5.69 Å². The number of aliphatic hydroxyl groups is 1. The first-order chi connectivity index (χ1) is 9.31. The van der Waals surface area contributed by atoms with Gasteiger partial charge in [0, 0.05) is 11.2 Å². The van der Waals surface area contributed by atoms with Crippen molar-refractivity contribution in [3.8, 4) is 0 Å². The zero-order valence-corrected chi connectivity index (χ0v) is 12.9. The molecule has 1 aromatic carbocycles. The van der Waals surface area contributed by atoms with Gasteiger partial charge >= 0.3 is 0 Å². The molecule has 1 aromatic heterocycles. The van der Waals surface area contributed by atoms with Crippen molar-refractivity contribution in [2.75, 3.05) is 0 Å². The molecular weight excluding hydrogens is 270 g/mol. The molecule has 0 bridgehead atoms. The smallest absolute Gasteiger partial charge is 0.132 e. The number of pyridine rings is 1. The molecule has 1 unspecified atom stereocenters. The molecule has 0 spiro atoms. The highest BCUT2D eigenvalue weighted by Crippen LogP contribution is 2.39. The molecule has 0 amide bonds. The van der Waals surface area contributed by atoms with Crippen molar-refractivity contribution in [1.82, 2.24) is 4.98 Å². The molecule has 0 radical (unpaired) electrons. The van der Waals surface area contributed by atoms with Gasteiger partial charge in [-0.15, -0.1) is 0 Å². The van der Waals surface area contributed by atoms with E-state index in [0.717, 1.165) is 5.56 Å². The van der Waals surface area contributed by atoms with Crippen LogP contribution in [0.5, 0.6) is 0 Å². The fraction of sp³-hybridized carbons (Fsp3) is 0.353. The first-order valence-corrected chi connectivity index (χ1v) is 7.09. The largest absolute Gasteiger partial charge is 0.379 e. The molecule has 1 atom stereocenters. The quantitative estimate of drug-likeness (QED) is 0.908. The summed E-state index contributed by atoms with van der Waals surface area (Å²) in [5, 5.41) is 11.9. The average molecular weight is 290 g/mol. The van der Waals surface area contributed by atoms with E-state index in [2.05, 4.69) is 25.8 Å². The van der Waals surface area contributed by atoms with Gasteiger partial charge in [-0.25, -0.2) is 0 Å². The molecule has 0 aliphatic heterocycles. The summed E-state index contributed by atoms with van der Waals surface area (Å²) in [6.45, 7) is 6.32. The molecule has 0 saturated heterocycles. The van der Waals surface area contributed by atoms with Gasteiger partial charge in [0.25, 0.3) is 0 Å². The molecule has 2 nitrogen and oxygen atoms in total. The third-order valence-electron chi connectivity index (χ3n) is 3.20. The highest BCUT2D eigenvalue weighted by Gasteiger charge is 2.37. The molecule has 20 heavy (non-hydrogen) atoms. The van der Waals surface area contributed by atoms with Crippen molar-refractivity contribution in [2.24, 2.45) is 5.41 Å². The highest BCUT2D eigenvalue weighted by atomic mass is 35.5. The first-order valence-electron chi connectivity index (χ1n) is 6.71. The summed E-state index contributed by atoms with van der Waals surface area (Å²) in [6.07, 6.45) is 2.29. The van der Waals surface area contributed by atoms with Crippen LogP contribution in [0.2, 0.25) is 5.02 Å². The molecule has 0 saturated carbocycles. The third-order valence-corrected chi connectivity index (χ3v) is 3.45. The van der Waals surface area contributed by atoms with E-state index in [4.69, 9.17) is 11.6 Å². The lowest BCUT2D eigenvalue weighted by Gasteiger charge is -2.34. The number of halogens is 1. The van der Waals surface area contributed by atoms with Crippen molar-refractivity contribution in [3.63, 3.8) is 0 Å². The van der Waals surface area contributed by atoms with Crippen LogP contribution < -0.4 is 0 Å². The SMILES string of the molecule is CC(C)(C)CC(O)(c1ccc(Cl)cc1)c1ccccn1. The Morgan fingerprint density at radius 1 is 1.05 bits per heavy atom. The van der Waals surface area contributed by atoms with E-state index >= 15 is 0 Å². The lowest BCUT2D eigenvalue weighted by molar-refractivity contribution is 0.0322. The van der Waals surface area contributed by atoms with Crippen LogP contribution >= 0.6 is 11.6 Å². The standard InChI is InChI=1S/C17H20ClNO/c1-16(2,3)12-17(20,15-6-4-5-11-19-15)13-7-9-14(18)10-8-13/h4-11,20H,12H2,1-3H3. The molecule has 2 rings (SSSR count). The summed E-state index contributed by atoms with van der Waals surface area (Å²) >= 11 is 5.94. The van der Waals surface area contributed by atoms with Crippen molar-refractivity contribution in [1.29, 1.82) is 0 Å². The van der Waals surface area contributed by atoms with E-state index in [1.807, 2.05) is 30.3 Å². The summed E-state index contributed by atoms with van der Waals surface area (Å²) in [6, 6.07) is 12.9. The Morgan fingerprint density at radius 2 is 1.70 bits per heavy atom. The molecule has 0 fully saturated rings. The summed E-state index contributed by atoms with van der Waals surface area (Å²) in [4.78, 5) is 4.35. The van der Waals surface area contributed by atoms with E-state index in [0.29, 0.717) is 17.1 Å². The molecule has 3 heteroatoms. The number of benzene rings is 1. The Bertz CT molecular complexity index is 560. The van der Waals surface area contributed by atoms with E-state index in [9.17, 15) is 5.11 Å². The maximum absolute atomic E-state index is 11.3. The van der Waals surface area contributed by atoms with E-state index in [-0.39, 0.29) is 5.41 Å². The monoisotopic (exact) mass is 289 g/mol. The number of rotatable bonds is 3. The Labute approximate surface area is 125 Å². The maximum Gasteiger partial charge on any atom is 0.132 e. The van der Waals surface area contributed by atoms with Gasteiger partial charge in [-0.05, 0) is 41.7 Å². The van der Waals surface area contributed by atoms with E-state index < -0.39 is 5.60 Å². The number of hydrogen-bond acceptors (Lipinski definition) is 2. The van der Waals surface area contributed by atoms with Crippen LogP contribution in [0.15, 0.2) is 48.7 Å². The van der Waals surface area contributed by atoms with Crippen LogP contribution in [0, 0.1) is 5.41 Å². The van der Waals surface area contributed by atoms with E-state index in [1.54, 1.807) is 18.3 Å². The number of hydrogen-bond donors (Lipinski definition) is 1. The van der Waals surface area contributed by atoms with Crippen LogP contribution in [-0.2, 0) is 5.60 Å². The fourth-order valence-electron chi connectivity index (χ4n) is 2.44. The molecule has 0 aliphatic rings. The van der Waals surface area contributed by atoms with Crippen LogP contribution in [0.3, 0.4) is 0 Å². The molecule has 1 heterocycles. The third kappa shape index (κ3) is 3.38. The normalized spacial score (nSPS) is 14.8. The molecule has 1 N–H and O–H groups in total. The second-order valence-electron chi connectivity index (χ2n) is 6.32. The van der Waals surface area contributed by atoms with Crippen molar-refractivity contribution in [2.45, 2.75) is 32.8 Å². The minimum atomic E-state index is -1.11. The van der Waals surface area contributed by atoms with Crippen LogP contribution in [0.1, 0.15) is 38.4 Å². The lowest BCUT2D eigenvalue weighted by atomic mass is 9.76. The second kappa shape index (κ2) is 5.55. The van der Waals surface area contributed by atoms with Crippen LogP contribution in [-0.4, -0.2) is 10.1 Å². The zero-order chi connectivity index (χ0) is 14.8. The summed E-state index contributed by atoms with van der Waals surface area (Å²) in [7, 11) is 0. The Kier molecular flexibility index (Phi) is 4.17. The summed E-state index contributed by atoms with van der Waals surface area (Å²) in [5.41, 5.74) is 0.337. The lowest BCUT2D eigenvalue weighted by Crippen LogP contribution is -2.33. The minimum absolute atomic E-state index is 0.0358. The van der Waals surface area contributed by atoms with Gasteiger partial charge < -0.3 is 5.11 Å². The van der Waals surface area contributed by atoms with Gasteiger partial charge in [-0.3, -0.25) is 4.98 Å². The summed E-state index contributed by atoms with van der Waals surface area (Å²) < 4.78 is 0. The zero-order valence-electron chi connectivity index (χ0n) is 12.1. The number of aromatic nitrogens is 1. The number of nitrogens with zero attached hydrogens (tertiary/aromatic N) is 1. The topological polar surface area (TPSA) is 33.1 Å². The van der Waals surface area contributed by atoms with Gasteiger partial charge in [0.15, 0.2) is 0 Å². The van der Waals surface area contributed by atoms with Crippen molar-refractivity contribution >= 4 is 11.6 Å². The fourth-order valence-corrected chi connectivity index (χ4v) is 2.57. The van der Waals surface area contributed by atoms with E-state index in [1.165, 1.54) is 0 Å². The van der Waals surface area contributed by atoms with Gasteiger partial charge in [-0.2, -0.15) is 0 Å². The van der Waals surface area contributed by atoms with Gasteiger partial charge in [0.2, 0.25) is 0 Å². The predicted molar refractivity (Wildman–Crippen MR) is 82.8 cm³/mol. The highest BCUT2D eigenvalue weighted by molar-refractivity contribution is 6.30. The first kappa shape index (κ1) is 15.0. The Hall–Kier alpha value is -1.38. The minimum Gasteiger partial charge on any atom is -0.379 e. The second-order valence-corrected chi connectivity index (χ2v) is 6.76. The molecular formula is C17H20ClNO. The maximum atomic E-state index is 11.3. The van der Waals surface area contributed by atoms with Crippen LogP contribution in [0.4, 0.5) is 0 Å². The molecule has 2 aromatic rings. The Morgan fingerprint density at radius 3 is 2.20 bits per heavy atom. The Balaban J connectivity index is 2.52. The molecule has 106 valence electrons. The summed E-state index contributed by atoms with van der Waals surface area (Å²) in [5.74, 6) is 0.